The molecule has 0 unspecified atom stereocenters. The van der Waals surface area contributed by atoms with E-state index in [1.165, 1.54) is 5.57 Å². The molecule has 0 atom stereocenters. The summed E-state index contributed by atoms with van der Waals surface area (Å²) in [5.41, 5.74) is 2.34. The van der Waals surface area contributed by atoms with Gasteiger partial charge in [-0.25, -0.2) is 0 Å². The summed E-state index contributed by atoms with van der Waals surface area (Å²) in [4.78, 5) is 0. The van der Waals surface area contributed by atoms with Gasteiger partial charge in [-0.05, 0) is 36.3 Å². The van der Waals surface area contributed by atoms with Gasteiger partial charge in [-0.3, -0.25) is 0 Å². The van der Waals surface area contributed by atoms with Crippen molar-refractivity contribution in [2.75, 3.05) is 0 Å². The highest BCUT2D eigenvalue weighted by Crippen LogP contribution is 2.35. The van der Waals surface area contributed by atoms with Crippen molar-refractivity contribution in [1.82, 2.24) is 0 Å². The van der Waals surface area contributed by atoms with Gasteiger partial charge in [0.2, 0.25) is 0 Å². The predicted octanol–water partition coefficient (Wildman–Crippen LogP) is 3.58. The summed E-state index contributed by atoms with van der Waals surface area (Å²) in [5, 5.41) is 9.78. The molecule has 1 nitrogen and oxygen atoms in total. The minimum Gasteiger partial charge on any atom is -0.508 e. The van der Waals surface area contributed by atoms with E-state index in [0.29, 0.717) is 5.76 Å². The molecule has 1 aliphatic rings. The largest absolute Gasteiger partial charge is 0.508 e. The first-order valence-electron chi connectivity index (χ1n) is 4.52. The summed E-state index contributed by atoms with van der Waals surface area (Å²) in [6.45, 7) is 8.42. The molecule has 1 rings (SSSR count). The van der Waals surface area contributed by atoms with Gasteiger partial charge in [0.25, 0.3) is 0 Å². The van der Waals surface area contributed by atoms with E-state index < -0.39 is 0 Å². The molecular weight excluding hydrogens is 148 g/mol. The number of rotatable bonds is 0. The maximum atomic E-state index is 9.78. The second-order valence-corrected chi connectivity index (χ2v) is 4.50. The third-order valence-electron chi connectivity index (χ3n) is 2.41. The molecule has 0 fully saturated rings. The molecule has 68 valence electrons. The fraction of sp³-hybridized carbons (Fsp3) is 0.636. The number of aliphatic hydroxyl groups excluding tert-OH is 1. The zero-order chi connectivity index (χ0) is 9.35. The van der Waals surface area contributed by atoms with Crippen LogP contribution in [0.5, 0.6) is 0 Å². The topological polar surface area (TPSA) is 20.2 Å². The highest BCUT2D eigenvalue weighted by atomic mass is 16.3. The third kappa shape index (κ3) is 1.71. The zero-order valence-corrected chi connectivity index (χ0v) is 8.44. The average molecular weight is 166 g/mol. The van der Waals surface area contributed by atoms with Crippen LogP contribution in [0.3, 0.4) is 0 Å². The molecule has 0 spiro atoms. The molecule has 0 heterocycles. The van der Waals surface area contributed by atoms with Crippen molar-refractivity contribution in [1.29, 1.82) is 0 Å². The van der Waals surface area contributed by atoms with Gasteiger partial charge in [0, 0.05) is 0 Å². The molecule has 0 saturated carbocycles. The van der Waals surface area contributed by atoms with E-state index in [4.69, 9.17) is 0 Å². The molecule has 0 amide bonds. The highest BCUT2D eigenvalue weighted by molar-refractivity contribution is 5.34. The van der Waals surface area contributed by atoms with Crippen LogP contribution < -0.4 is 0 Å². The van der Waals surface area contributed by atoms with Gasteiger partial charge in [-0.1, -0.05) is 26.8 Å². The molecule has 0 aromatic carbocycles. The Kier molecular flexibility index (Phi) is 2.31. The number of hydrogen-bond donors (Lipinski definition) is 1. The van der Waals surface area contributed by atoms with E-state index in [-0.39, 0.29) is 5.41 Å². The van der Waals surface area contributed by atoms with Crippen molar-refractivity contribution in [3.8, 4) is 0 Å². The number of allylic oxidation sites excluding steroid dienone is 3. The minimum atomic E-state index is 0.111. The van der Waals surface area contributed by atoms with Gasteiger partial charge >= 0.3 is 0 Å². The van der Waals surface area contributed by atoms with Crippen molar-refractivity contribution < 1.29 is 5.11 Å². The Balaban J connectivity index is 3.03. The first-order valence-corrected chi connectivity index (χ1v) is 4.52. The molecule has 0 saturated heterocycles. The summed E-state index contributed by atoms with van der Waals surface area (Å²) in [7, 11) is 0. The second-order valence-electron chi connectivity index (χ2n) is 4.50. The smallest absolute Gasteiger partial charge is 0.117 e. The first kappa shape index (κ1) is 9.37. The van der Waals surface area contributed by atoms with Crippen LogP contribution in [-0.4, -0.2) is 5.11 Å². The van der Waals surface area contributed by atoms with Crippen LogP contribution in [0.25, 0.3) is 0 Å². The van der Waals surface area contributed by atoms with Crippen molar-refractivity contribution in [2.45, 2.75) is 40.5 Å². The molecule has 0 aromatic heterocycles. The Morgan fingerprint density at radius 3 is 2.33 bits per heavy atom. The summed E-state index contributed by atoms with van der Waals surface area (Å²) < 4.78 is 0. The van der Waals surface area contributed by atoms with E-state index >= 15 is 0 Å². The van der Waals surface area contributed by atoms with Crippen LogP contribution in [0.2, 0.25) is 0 Å². The Bertz CT molecular complexity index is 238. The Hall–Kier alpha value is -0.720. The monoisotopic (exact) mass is 166 g/mol. The van der Waals surface area contributed by atoms with Crippen LogP contribution in [0.1, 0.15) is 40.5 Å². The molecule has 1 heteroatoms. The van der Waals surface area contributed by atoms with E-state index in [1.54, 1.807) is 0 Å². The minimum absolute atomic E-state index is 0.111. The van der Waals surface area contributed by atoms with E-state index in [2.05, 4.69) is 26.8 Å². The lowest BCUT2D eigenvalue weighted by Crippen LogP contribution is -2.14. The Morgan fingerprint density at radius 2 is 1.92 bits per heavy atom. The van der Waals surface area contributed by atoms with Crippen LogP contribution in [0.15, 0.2) is 23.0 Å². The van der Waals surface area contributed by atoms with Crippen molar-refractivity contribution in [3.63, 3.8) is 0 Å². The van der Waals surface area contributed by atoms with E-state index in [0.717, 1.165) is 18.4 Å². The summed E-state index contributed by atoms with van der Waals surface area (Å²) >= 11 is 0. The molecule has 0 radical (unpaired) electrons. The normalized spacial score (nSPS) is 19.5. The predicted molar refractivity (Wildman–Crippen MR) is 52.1 cm³/mol. The second kappa shape index (κ2) is 2.96. The van der Waals surface area contributed by atoms with E-state index in [1.807, 2.05) is 6.92 Å². The third-order valence-corrected chi connectivity index (χ3v) is 2.41. The molecule has 1 N–H and O–H groups in total. The Morgan fingerprint density at radius 1 is 1.33 bits per heavy atom. The maximum absolute atomic E-state index is 9.78. The maximum Gasteiger partial charge on any atom is 0.117 e. The van der Waals surface area contributed by atoms with Crippen molar-refractivity contribution in [3.05, 3.63) is 23.0 Å². The highest BCUT2D eigenvalue weighted by Gasteiger charge is 2.23. The number of hydrogen-bond acceptors (Lipinski definition) is 1. The number of aliphatic hydroxyl groups is 1. The van der Waals surface area contributed by atoms with Gasteiger partial charge in [0.1, 0.15) is 5.76 Å². The average Bonchev–Trinajstić information content (AvgIpc) is 1.92. The molecular formula is C11H18O. The summed E-state index contributed by atoms with van der Waals surface area (Å²) in [6, 6.07) is 0. The molecule has 1 aliphatic carbocycles. The van der Waals surface area contributed by atoms with Gasteiger partial charge in [0.05, 0.1) is 0 Å². The van der Waals surface area contributed by atoms with Crippen LogP contribution in [0.4, 0.5) is 0 Å². The van der Waals surface area contributed by atoms with Crippen molar-refractivity contribution in [2.24, 2.45) is 5.41 Å². The molecule has 0 aliphatic heterocycles. The fourth-order valence-corrected chi connectivity index (χ4v) is 1.62. The van der Waals surface area contributed by atoms with Crippen LogP contribution in [0, 0.1) is 5.41 Å². The van der Waals surface area contributed by atoms with Crippen molar-refractivity contribution >= 4 is 0 Å². The standard InChI is InChI=1S/C11H18O/c1-8-6-5-7-9(10(8)12)11(2,3)4/h6,12H,5,7H2,1-4H3. The van der Waals surface area contributed by atoms with Gasteiger partial charge < -0.3 is 5.11 Å². The molecule has 0 aromatic rings. The lowest BCUT2D eigenvalue weighted by Gasteiger charge is -2.27. The molecule has 12 heavy (non-hydrogen) atoms. The zero-order valence-electron chi connectivity index (χ0n) is 8.44. The molecule has 0 bridgehead atoms. The summed E-state index contributed by atoms with van der Waals surface area (Å²) in [5.74, 6) is 0.522. The van der Waals surface area contributed by atoms with Gasteiger partial charge in [-0.2, -0.15) is 0 Å². The van der Waals surface area contributed by atoms with E-state index in [9.17, 15) is 5.11 Å². The van der Waals surface area contributed by atoms with Crippen LogP contribution in [-0.2, 0) is 0 Å². The quantitative estimate of drug-likeness (QED) is 0.583. The van der Waals surface area contributed by atoms with Gasteiger partial charge in [0.15, 0.2) is 0 Å². The van der Waals surface area contributed by atoms with Gasteiger partial charge in [-0.15, -0.1) is 0 Å². The fourth-order valence-electron chi connectivity index (χ4n) is 1.62. The lowest BCUT2D eigenvalue weighted by atomic mass is 9.80. The van der Waals surface area contributed by atoms with Crippen LogP contribution >= 0.6 is 0 Å². The Labute approximate surface area is 74.8 Å². The first-order chi connectivity index (χ1) is 5.43. The summed E-state index contributed by atoms with van der Waals surface area (Å²) in [6.07, 6.45) is 4.18. The SMILES string of the molecule is CC1=CCCC(C(C)(C)C)=C1O. The lowest BCUT2D eigenvalue weighted by molar-refractivity contribution is 0.369.